The van der Waals surface area contributed by atoms with E-state index < -0.39 is 0 Å². The number of piperazine rings is 1. The molecule has 3 rings (SSSR count). The summed E-state index contributed by atoms with van der Waals surface area (Å²) in [4.78, 5) is 21.4. The van der Waals surface area contributed by atoms with E-state index in [1.54, 1.807) is 0 Å². The van der Waals surface area contributed by atoms with E-state index in [1.165, 1.54) is 0 Å². The second-order valence-electron chi connectivity index (χ2n) is 7.10. The van der Waals surface area contributed by atoms with Crippen molar-refractivity contribution in [2.75, 3.05) is 45.9 Å². The number of aliphatic imine (C=N–C) groups is 1. The number of ether oxygens (including phenoxy) is 1. The van der Waals surface area contributed by atoms with Gasteiger partial charge in [0.2, 0.25) is 0 Å². The van der Waals surface area contributed by atoms with Crippen LogP contribution in [0, 0.1) is 13.8 Å². The fourth-order valence-corrected chi connectivity index (χ4v) is 3.67. The van der Waals surface area contributed by atoms with Gasteiger partial charge in [-0.05, 0) is 40.0 Å². The first-order valence-electron chi connectivity index (χ1n) is 9.95. The van der Waals surface area contributed by atoms with Gasteiger partial charge in [0.15, 0.2) is 5.96 Å². The molecule has 0 radical (unpaired) electrons. The zero-order valence-corrected chi connectivity index (χ0v) is 16.7. The highest BCUT2D eigenvalue weighted by atomic mass is 16.5. The van der Waals surface area contributed by atoms with Crippen LogP contribution in [-0.2, 0) is 16.0 Å². The molecule has 0 saturated carbocycles. The molecular weight excluding hydrogens is 346 g/mol. The summed E-state index contributed by atoms with van der Waals surface area (Å²) in [5.41, 5.74) is 2.08. The van der Waals surface area contributed by atoms with Gasteiger partial charge >= 0.3 is 0 Å². The Morgan fingerprint density at radius 3 is 2.59 bits per heavy atom. The van der Waals surface area contributed by atoms with E-state index in [9.17, 15) is 4.79 Å². The van der Waals surface area contributed by atoms with Crippen molar-refractivity contribution in [1.82, 2.24) is 20.3 Å². The molecule has 0 aliphatic carbocycles. The SMILES string of the molecule is CCNC(=NCCc1c(C)noc1C)N1CCN(C(=O)C2CCCO2)CC1. The fraction of sp³-hybridized carbons (Fsp3) is 0.737. The lowest BCUT2D eigenvalue weighted by Crippen LogP contribution is -2.55. The van der Waals surface area contributed by atoms with Gasteiger partial charge < -0.3 is 24.4 Å². The normalized spacial score (nSPS) is 21.0. The minimum Gasteiger partial charge on any atom is -0.368 e. The average molecular weight is 377 g/mol. The third-order valence-electron chi connectivity index (χ3n) is 5.24. The second-order valence-corrected chi connectivity index (χ2v) is 7.10. The van der Waals surface area contributed by atoms with Crippen molar-refractivity contribution in [1.29, 1.82) is 0 Å². The fourth-order valence-electron chi connectivity index (χ4n) is 3.67. The maximum Gasteiger partial charge on any atom is 0.251 e. The van der Waals surface area contributed by atoms with Crippen LogP contribution in [0.15, 0.2) is 9.52 Å². The zero-order chi connectivity index (χ0) is 19.2. The summed E-state index contributed by atoms with van der Waals surface area (Å²) in [6.07, 6.45) is 2.42. The molecular formula is C19H31N5O3. The van der Waals surface area contributed by atoms with Crippen LogP contribution in [0.1, 0.15) is 36.8 Å². The van der Waals surface area contributed by atoms with Crippen LogP contribution in [0.3, 0.4) is 0 Å². The molecule has 1 aromatic rings. The number of nitrogens with zero attached hydrogens (tertiary/aromatic N) is 4. The number of aryl methyl sites for hydroxylation is 2. The summed E-state index contributed by atoms with van der Waals surface area (Å²) in [5, 5.41) is 7.37. The van der Waals surface area contributed by atoms with Crippen molar-refractivity contribution >= 4 is 11.9 Å². The van der Waals surface area contributed by atoms with E-state index in [2.05, 4.69) is 22.3 Å². The van der Waals surface area contributed by atoms with Gasteiger partial charge in [0, 0.05) is 51.4 Å². The summed E-state index contributed by atoms with van der Waals surface area (Å²) >= 11 is 0. The Balaban J connectivity index is 1.53. The minimum atomic E-state index is -0.228. The first-order chi connectivity index (χ1) is 13.1. The number of aromatic nitrogens is 1. The van der Waals surface area contributed by atoms with E-state index >= 15 is 0 Å². The highest BCUT2D eigenvalue weighted by molar-refractivity contribution is 5.82. The van der Waals surface area contributed by atoms with Crippen LogP contribution in [0.5, 0.6) is 0 Å². The van der Waals surface area contributed by atoms with Gasteiger partial charge in [-0.15, -0.1) is 0 Å². The number of amides is 1. The molecule has 2 aliphatic heterocycles. The molecule has 1 N–H and O–H groups in total. The van der Waals surface area contributed by atoms with Gasteiger partial charge in [-0.2, -0.15) is 0 Å². The summed E-state index contributed by atoms with van der Waals surface area (Å²) in [7, 11) is 0. The highest BCUT2D eigenvalue weighted by Crippen LogP contribution is 2.16. The Morgan fingerprint density at radius 1 is 1.26 bits per heavy atom. The van der Waals surface area contributed by atoms with Crippen molar-refractivity contribution < 1.29 is 14.1 Å². The standard InChI is InChI=1S/C19H31N5O3/c1-4-20-19(21-8-7-16-14(2)22-27-15(16)3)24-11-9-23(10-12-24)18(25)17-6-5-13-26-17/h17H,4-13H2,1-3H3,(H,20,21). The Bertz CT molecular complexity index is 639. The number of carbonyl (C=O) groups excluding carboxylic acids is 1. The predicted molar refractivity (Wildman–Crippen MR) is 103 cm³/mol. The first kappa shape index (κ1) is 19.7. The van der Waals surface area contributed by atoms with Gasteiger partial charge in [-0.3, -0.25) is 9.79 Å². The Hall–Kier alpha value is -2.09. The van der Waals surface area contributed by atoms with Crippen molar-refractivity contribution in [3.8, 4) is 0 Å². The molecule has 1 unspecified atom stereocenters. The molecule has 150 valence electrons. The van der Waals surface area contributed by atoms with E-state index in [1.807, 2.05) is 18.7 Å². The molecule has 1 amide bonds. The van der Waals surface area contributed by atoms with E-state index in [4.69, 9.17) is 14.3 Å². The van der Waals surface area contributed by atoms with Gasteiger partial charge in [0.05, 0.1) is 5.69 Å². The molecule has 3 heterocycles. The van der Waals surface area contributed by atoms with E-state index in [0.717, 1.165) is 61.9 Å². The zero-order valence-electron chi connectivity index (χ0n) is 16.7. The topological polar surface area (TPSA) is 83.2 Å². The molecule has 2 aliphatic rings. The predicted octanol–water partition coefficient (Wildman–Crippen LogP) is 1.12. The quantitative estimate of drug-likeness (QED) is 0.612. The monoisotopic (exact) mass is 377 g/mol. The number of nitrogens with one attached hydrogen (secondary N) is 1. The minimum absolute atomic E-state index is 0.146. The molecule has 0 bridgehead atoms. The van der Waals surface area contributed by atoms with Crippen LogP contribution < -0.4 is 5.32 Å². The lowest BCUT2D eigenvalue weighted by Gasteiger charge is -2.37. The molecule has 8 heteroatoms. The maximum atomic E-state index is 12.5. The Morgan fingerprint density at radius 2 is 2.00 bits per heavy atom. The molecule has 2 fully saturated rings. The van der Waals surface area contributed by atoms with E-state index in [0.29, 0.717) is 26.2 Å². The summed E-state index contributed by atoms with van der Waals surface area (Å²) in [6.45, 7) is 11.2. The molecule has 27 heavy (non-hydrogen) atoms. The summed E-state index contributed by atoms with van der Waals surface area (Å²) < 4.78 is 10.8. The number of hydrogen-bond donors (Lipinski definition) is 1. The Labute approximate surface area is 160 Å². The van der Waals surface area contributed by atoms with Crippen LogP contribution >= 0.6 is 0 Å². The number of rotatable bonds is 5. The van der Waals surface area contributed by atoms with Gasteiger partial charge in [-0.25, -0.2) is 0 Å². The lowest BCUT2D eigenvalue weighted by molar-refractivity contribution is -0.142. The van der Waals surface area contributed by atoms with Gasteiger partial charge in [0.25, 0.3) is 5.91 Å². The third kappa shape index (κ3) is 4.80. The van der Waals surface area contributed by atoms with Crippen LogP contribution in [0.2, 0.25) is 0 Å². The smallest absolute Gasteiger partial charge is 0.251 e. The van der Waals surface area contributed by atoms with Crippen molar-refractivity contribution in [3.63, 3.8) is 0 Å². The first-order valence-corrected chi connectivity index (χ1v) is 9.95. The summed E-state index contributed by atoms with van der Waals surface area (Å²) in [6, 6.07) is 0. The molecule has 1 atom stereocenters. The third-order valence-corrected chi connectivity index (χ3v) is 5.24. The van der Waals surface area contributed by atoms with Crippen molar-refractivity contribution in [2.24, 2.45) is 4.99 Å². The molecule has 8 nitrogen and oxygen atoms in total. The molecule has 2 saturated heterocycles. The Kier molecular flexibility index (Phi) is 6.71. The van der Waals surface area contributed by atoms with E-state index in [-0.39, 0.29) is 12.0 Å². The molecule has 0 spiro atoms. The number of guanidine groups is 1. The van der Waals surface area contributed by atoms with Crippen molar-refractivity contribution in [2.45, 2.75) is 46.1 Å². The molecule has 1 aromatic heterocycles. The molecule has 0 aromatic carbocycles. The number of hydrogen-bond acceptors (Lipinski definition) is 5. The van der Waals surface area contributed by atoms with Crippen LogP contribution in [0.4, 0.5) is 0 Å². The van der Waals surface area contributed by atoms with Crippen LogP contribution in [0.25, 0.3) is 0 Å². The van der Waals surface area contributed by atoms with Crippen molar-refractivity contribution in [3.05, 3.63) is 17.0 Å². The second kappa shape index (κ2) is 9.21. The maximum absolute atomic E-state index is 12.5. The van der Waals surface area contributed by atoms with Crippen LogP contribution in [-0.4, -0.2) is 78.8 Å². The largest absolute Gasteiger partial charge is 0.368 e. The lowest BCUT2D eigenvalue weighted by atomic mass is 10.1. The summed E-state index contributed by atoms with van der Waals surface area (Å²) in [5.74, 6) is 1.93. The van der Waals surface area contributed by atoms with Gasteiger partial charge in [0.1, 0.15) is 11.9 Å². The van der Waals surface area contributed by atoms with Gasteiger partial charge in [-0.1, -0.05) is 5.16 Å². The highest BCUT2D eigenvalue weighted by Gasteiger charge is 2.30. The number of carbonyl (C=O) groups is 1. The average Bonchev–Trinajstić information content (AvgIpc) is 3.32.